The Balaban J connectivity index is 1.02. The number of rotatable bonds is 6. The minimum absolute atomic E-state index is 0.488. The van der Waals surface area contributed by atoms with E-state index in [0.29, 0.717) is 11.7 Å². The topological polar surface area (TPSA) is 52.0 Å². The smallest absolute Gasteiger partial charge is 0.143 e. The lowest BCUT2D eigenvalue weighted by molar-refractivity contribution is 0.670. The minimum Gasteiger partial charge on any atom is -0.455 e. The number of nitrogens with zero attached hydrogens (tertiary/aromatic N) is 3. The molecule has 0 amide bonds. The molecule has 1 atom stereocenters. The molecule has 296 valence electrons. The Bertz CT molecular complexity index is 3820. The van der Waals surface area contributed by atoms with Gasteiger partial charge in [-0.3, -0.25) is 4.99 Å². The van der Waals surface area contributed by atoms with E-state index in [-0.39, 0.29) is 0 Å². The summed E-state index contributed by atoms with van der Waals surface area (Å²) < 4.78 is 12.1. The summed E-state index contributed by atoms with van der Waals surface area (Å²) in [4.78, 5) is 10.6. The van der Waals surface area contributed by atoms with Crippen LogP contribution in [0.2, 0.25) is 0 Å². The first kappa shape index (κ1) is 36.1. The van der Waals surface area contributed by atoms with E-state index in [2.05, 4.69) is 176 Å². The SMILES string of the molecule is c1ccc(C2=NC(c3cccc4oc5c(-c6ccc7c(c6)sc6ccccc67)cc(-c6ccc7c(c6)sc6ccccc67)cc5c34)=NC(c3ccc(-c4ccccc4)cc3)[N-]2)cc1. The number of aliphatic imine (C=N–C) groups is 2. The number of furan rings is 1. The van der Waals surface area contributed by atoms with Crippen molar-refractivity contribution in [1.82, 2.24) is 0 Å². The molecule has 0 N–H and O–H groups in total. The maximum atomic E-state index is 7.00. The summed E-state index contributed by atoms with van der Waals surface area (Å²) in [7, 11) is 0. The van der Waals surface area contributed by atoms with Crippen LogP contribution in [0.5, 0.6) is 0 Å². The second-order valence-corrected chi connectivity index (χ2v) is 18.2. The highest BCUT2D eigenvalue weighted by molar-refractivity contribution is 7.26. The van der Waals surface area contributed by atoms with Crippen LogP contribution < -0.4 is 0 Å². The highest BCUT2D eigenvalue weighted by Crippen LogP contribution is 2.45. The predicted octanol–water partition coefficient (Wildman–Crippen LogP) is 16.6. The van der Waals surface area contributed by atoms with Gasteiger partial charge in [0.1, 0.15) is 11.2 Å². The number of benzene rings is 9. The summed E-state index contributed by atoms with van der Waals surface area (Å²) in [6.45, 7) is 0. The van der Waals surface area contributed by atoms with Gasteiger partial charge in [-0.05, 0) is 81.4 Å². The van der Waals surface area contributed by atoms with E-state index in [1.54, 1.807) is 0 Å². The van der Waals surface area contributed by atoms with Crippen LogP contribution in [0.1, 0.15) is 22.9 Å². The van der Waals surface area contributed by atoms with Crippen LogP contribution in [0.15, 0.2) is 215 Å². The van der Waals surface area contributed by atoms with Gasteiger partial charge in [-0.1, -0.05) is 164 Å². The highest BCUT2D eigenvalue weighted by atomic mass is 32.1. The van der Waals surface area contributed by atoms with Gasteiger partial charge in [0.05, 0.1) is 12.0 Å². The monoisotopic (exact) mass is 840 g/mol. The molecule has 1 unspecified atom stereocenters. The van der Waals surface area contributed by atoms with Crippen LogP contribution in [0, 0.1) is 0 Å². The largest absolute Gasteiger partial charge is 0.455 e. The number of fused-ring (bicyclic) bond motifs is 9. The maximum absolute atomic E-state index is 7.00. The molecule has 1 aliphatic heterocycles. The fourth-order valence-electron chi connectivity index (χ4n) is 9.20. The Morgan fingerprint density at radius 1 is 0.413 bits per heavy atom. The maximum Gasteiger partial charge on any atom is 0.143 e. The molecule has 12 aromatic rings. The third-order valence-corrected chi connectivity index (χ3v) is 14.6. The summed E-state index contributed by atoms with van der Waals surface area (Å²) in [5.74, 6) is 1.27. The van der Waals surface area contributed by atoms with E-state index in [0.717, 1.165) is 66.4 Å². The number of hydrogen-bond acceptors (Lipinski definition) is 5. The van der Waals surface area contributed by atoms with E-state index in [1.165, 1.54) is 45.9 Å². The number of thiophene rings is 2. The van der Waals surface area contributed by atoms with E-state index >= 15 is 0 Å². The average molecular weight is 841 g/mol. The molecule has 0 radical (unpaired) electrons. The molecule has 0 saturated carbocycles. The molecular formula is C57H34N3OS2-. The molecule has 1 aliphatic rings. The lowest BCUT2D eigenvalue weighted by Crippen LogP contribution is -2.16. The normalized spacial score (nSPS) is 14.2. The molecule has 63 heavy (non-hydrogen) atoms. The van der Waals surface area contributed by atoms with Gasteiger partial charge in [0.25, 0.3) is 0 Å². The van der Waals surface area contributed by atoms with Gasteiger partial charge in [0.15, 0.2) is 0 Å². The fourth-order valence-corrected chi connectivity index (χ4v) is 11.5. The molecule has 9 aromatic carbocycles. The van der Waals surface area contributed by atoms with E-state index in [1.807, 2.05) is 46.9 Å². The predicted molar refractivity (Wildman–Crippen MR) is 268 cm³/mol. The van der Waals surface area contributed by atoms with Crippen molar-refractivity contribution in [3.05, 3.63) is 222 Å². The van der Waals surface area contributed by atoms with Gasteiger partial charge in [0, 0.05) is 62.2 Å². The molecule has 0 spiro atoms. The van der Waals surface area contributed by atoms with Crippen molar-refractivity contribution in [2.75, 3.05) is 0 Å². The molecule has 13 rings (SSSR count). The Labute approximate surface area is 370 Å². The van der Waals surface area contributed by atoms with Crippen LogP contribution in [0.25, 0.3) is 101 Å². The lowest BCUT2D eigenvalue weighted by atomic mass is 9.94. The molecule has 6 heteroatoms. The Morgan fingerprint density at radius 2 is 1.00 bits per heavy atom. The molecule has 0 aliphatic carbocycles. The molecule has 0 fully saturated rings. The van der Waals surface area contributed by atoms with Crippen LogP contribution in [-0.4, -0.2) is 11.7 Å². The van der Waals surface area contributed by atoms with Gasteiger partial charge in [-0.25, -0.2) is 0 Å². The third-order valence-electron chi connectivity index (χ3n) is 12.3. The van der Waals surface area contributed by atoms with Gasteiger partial charge < -0.3 is 14.7 Å². The third kappa shape index (κ3) is 6.10. The van der Waals surface area contributed by atoms with Crippen molar-refractivity contribution in [2.24, 2.45) is 9.98 Å². The van der Waals surface area contributed by atoms with Crippen molar-refractivity contribution in [3.8, 4) is 33.4 Å². The van der Waals surface area contributed by atoms with Crippen molar-refractivity contribution in [2.45, 2.75) is 6.17 Å². The zero-order valence-electron chi connectivity index (χ0n) is 33.7. The summed E-state index contributed by atoms with van der Waals surface area (Å²) in [5.41, 5.74) is 11.2. The summed E-state index contributed by atoms with van der Waals surface area (Å²) in [5, 5.41) is 12.3. The summed E-state index contributed by atoms with van der Waals surface area (Å²) >= 11 is 3.68. The van der Waals surface area contributed by atoms with Crippen molar-refractivity contribution >= 4 is 96.6 Å². The number of hydrogen-bond donors (Lipinski definition) is 0. The van der Waals surface area contributed by atoms with E-state index < -0.39 is 6.17 Å². The quantitative estimate of drug-likeness (QED) is 0.165. The summed E-state index contributed by atoms with van der Waals surface area (Å²) in [6, 6.07) is 71.2. The second-order valence-electron chi connectivity index (χ2n) is 16.0. The number of amidine groups is 2. The molecule has 4 nitrogen and oxygen atoms in total. The van der Waals surface area contributed by atoms with Crippen molar-refractivity contribution in [1.29, 1.82) is 0 Å². The van der Waals surface area contributed by atoms with Gasteiger partial charge in [-0.2, -0.15) is 0 Å². The molecule has 4 heterocycles. The Morgan fingerprint density at radius 3 is 1.71 bits per heavy atom. The fraction of sp³-hybridized carbons (Fsp3) is 0.0175. The summed E-state index contributed by atoms with van der Waals surface area (Å²) in [6.07, 6.45) is -0.488. The van der Waals surface area contributed by atoms with Gasteiger partial charge in [0.2, 0.25) is 0 Å². The standard InChI is InChI=1S/C57H34N3OS2/c1-3-12-34(13-4-1)35-22-24-37(25-23-35)56-58-55(36-14-5-2-6-15-36)59-57(60-56)45-18-11-19-48-53(45)47-31-40(38-26-28-43-41-16-7-9-20-49(41)62-51(43)32-38)30-46(54(47)61-48)39-27-29-44-42-17-8-10-21-50(42)63-52(44)33-39/h1-33,56H/q-1. The van der Waals surface area contributed by atoms with E-state index in [4.69, 9.17) is 19.7 Å². The molecule has 0 saturated heterocycles. The van der Waals surface area contributed by atoms with Crippen molar-refractivity contribution in [3.63, 3.8) is 0 Å². The van der Waals surface area contributed by atoms with Gasteiger partial charge in [-0.15, -0.1) is 22.7 Å². The van der Waals surface area contributed by atoms with E-state index in [9.17, 15) is 0 Å². The molecular weight excluding hydrogens is 807 g/mol. The van der Waals surface area contributed by atoms with Crippen LogP contribution in [0.4, 0.5) is 0 Å². The zero-order valence-corrected chi connectivity index (χ0v) is 35.3. The Kier molecular flexibility index (Phi) is 8.29. The zero-order chi connectivity index (χ0) is 41.4. The van der Waals surface area contributed by atoms with Crippen LogP contribution >= 0.6 is 22.7 Å². The molecule has 0 bridgehead atoms. The first-order chi connectivity index (χ1) is 31.2. The highest BCUT2D eigenvalue weighted by Gasteiger charge is 2.22. The molecule has 3 aromatic heterocycles. The lowest BCUT2D eigenvalue weighted by Gasteiger charge is -2.32. The second kappa shape index (κ2) is 14.5. The van der Waals surface area contributed by atoms with Crippen LogP contribution in [0.3, 0.4) is 0 Å². The van der Waals surface area contributed by atoms with Crippen LogP contribution in [-0.2, 0) is 0 Å². The minimum atomic E-state index is -0.488. The Hall–Kier alpha value is -7.64. The van der Waals surface area contributed by atoms with Gasteiger partial charge >= 0.3 is 0 Å². The average Bonchev–Trinajstić information content (AvgIpc) is 4.05. The van der Waals surface area contributed by atoms with Crippen molar-refractivity contribution < 1.29 is 4.42 Å². The first-order valence-electron chi connectivity index (χ1n) is 21.1. The first-order valence-corrected chi connectivity index (χ1v) is 22.7.